The zero-order chi connectivity index (χ0) is 21.8. The highest BCUT2D eigenvalue weighted by atomic mass is 35.5. The highest BCUT2D eigenvalue weighted by molar-refractivity contribution is 6.30. The molecular weight excluding hydrogens is 412 g/mol. The van der Waals surface area contributed by atoms with Crippen molar-refractivity contribution in [1.82, 2.24) is 9.78 Å². The van der Waals surface area contributed by atoms with Crippen LogP contribution in [-0.2, 0) is 11.2 Å². The molecule has 4 rings (SSSR count). The number of benzene rings is 3. The molecule has 154 valence electrons. The van der Waals surface area contributed by atoms with Gasteiger partial charge >= 0.3 is 0 Å². The number of hydrogen-bond acceptors (Lipinski definition) is 3. The molecule has 0 aliphatic heterocycles. The van der Waals surface area contributed by atoms with Crippen LogP contribution in [0.3, 0.4) is 0 Å². The highest BCUT2D eigenvalue weighted by Crippen LogP contribution is 2.26. The van der Waals surface area contributed by atoms with Gasteiger partial charge in [0.25, 0.3) is 5.91 Å². The highest BCUT2D eigenvalue weighted by Gasteiger charge is 2.19. The fourth-order valence-corrected chi connectivity index (χ4v) is 3.31. The molecule has 31 heavy (non-hydrogen) atoms. The van der Waals surface area contributed by atoms with E-state index < -0.39 is 5.91 Å². The molecule has 2 amide bonds. The number of para-hydroxylation sites is 1. The van der Waals surface area contributed by atoms with Gasteiger partial charge in [-0.2, -0.15) is 5.10 Å². The Morgan fingerprint density at radius 1 is 0.935 bits per heavy atom. The molecule has 1 aromatic heterocycles. The predicted octanol–water partition coefficient (Wildman–Crippen LogP) is 4.47. The summed E-state index contributed by atoms with van der Waals surface area (Å²) in [6.07, 6.45) is 1.86. The average molecular weight is 431 g/mol. The molecule has 0 saturated carbocycles. The van der Waals surface area contributed by atoms with E-state index in [9.17, 15) is 9.59 Å². The van der Waals surface area contributed by atoms with Gasteiger partial charge in [-0.25, -0.2) is 4.68 Å². The van der Waals surface area contributed by atoms with Crippen LogP contribution in [-0.4, -0.2) is 21.6 Å². The van der Waals surface area contributed by atoms with E-state index in [1.807, 2.05) is 42.5 Å². The van der Waals surface area contributed by atoms with Gasteiger partial charge in [-0.3, -0.25) is 9.59 Å². The average Bonchev–Trinajstić information content (AvgIpc) is 3.22. The number of primary amides is 1. The number of nitrogens with zero attached hydrogens (tertiary/aromatic N) is 2. The van der Waals surface area contributed by atoms with E-state index in [4.69, 9.17) is 17.3 Å². The number of nitrogens with two attached hydrogens (primary N) is 1. The zero-order valence-electron chi connectivity index (χ0n) is 16.5. The van der Waals surface area contributed by atoms with Crippen LogP contribution in [0.4, 0.5) is 5.69 Å². The summed E-state index contributed by atoms with van der Waals surface area (Å²) >= 11 is 6.02. The number of rotatable bonds is 6. The maximum Gasteiger partial charge on any atom is 0.259 e. The van der Waals surface area contributed by atoms with Crippen LogP contribution in [0.25, 0.3) is 16.9 Å². The summed E-state index contributed by atoms with van der Waals surface area (Å²) < 4.78 is 1.68. The van der Waals surface area contributed by atoms with Crippen molar-refractivity contribution in [3.05, 3.63) is 101 Å². The fraction of sp³-hybridized carbons (Fsp3) is 0.0417. The Morgan fingerprint density at radius 2 is 1.61 bits per heavy atom. The van der Waals surface area contributed by atoms with Gasteiger partial charge in [0.1, 0.15) is 5.69 Å². The summed E-state index contributed by atoms with van der Waals surface area (Å²) in [4.78, 5) is 24.2. The standard InChI is InChI=1S/C24H19ClN4O2/c25-18-10-8-17(9-11-18)23-21(15-29(28-23)20-4-2-1-3-5-20)24(31)27-19-12-6-16(7-13-19)14-22(26)30/h1-13,15H,14H2,(H2,26,30)(H,27,31). The smallest absolute Gasteiger partial charge is 0.259 e. The SMILES string of the molecule is NC(=O)Cc1ccc(NC(=O)c2cn(-c3ccccc3)nc2-c2ccc(Cl)cc2)cc1. The maximum absolute atomic E-state index is 13.1. The monoisotopic (exact) mass is 430 g/mol. The summed E-state index contributed by atoms with van der Waals surface area (Å²) in [7, 11) is 0. The van der Waals surface area contributed by atoms with Crippen LogP contribution >= 0.6 is 11.6 Å². The lowest BCUT2D eigenvalue weighted by Gasteiger charge is -2.06. The first-order valence-electron chi connectivity index (χ1n) is 9.59. The van der Waals surface area contributed by atoms with Gasteiger partial charge in [-0.05, 0) is 42.0 Å². The van der Waals surface area contributed by atoms with E-state index in [0.29, 0.717) is 22.0 Å². The minimum absolute atomic E-state index is 0.152. The van der Waals surface area contributed by atoms with Crippen molar-refractivity contribution in [2.45, 2.75) is 6.42 Å². The van der Waals surface area contributed by atoms with E-state index in [2.05, 4.69) is 10.4 Å². The zero-order valence-corrected chi connectivity index (χ0v) is 17.2. The van der Waals surface area contributed by atoms with Crippen LogP contribution in [0.15, 0.2) is 85.1 Å². The number of hydrogen-bond donors (Lipinski definition) is 2. The first kappa shape index (κ1) is 20.4. The number of amides is 2. The Bertz CT molecular complexity index is 1220. The van der Waals surface area contributed by atoms with Gasteiger partial charge in [-0.15, -0.1) is 0 Å². The van der Waals surface area contributed by atoms with Crippen LogP contribution < -0.4 is 11.1 Å². The van der Waals surface area contributed by atoms with E-state index in [-0.39, 0.29) is 12.3 Å². The third-order valence-electron chi connectivity index (χ3n) is 4.69. The van der Waals surface area contributed by atoms with Crippen molar-refractivity contribution in [3.8, 4) is 16.9 Å². The van der Waals surface area contributed by atoms with E-state index in [1.54, 1.807) is 47.3 Å². The number of halogens is 1. The molecule has 1 heterocycles. The van der Waals surface area contributed by atoms with E-state index in [1.165, 1.54) is 0 Å². The van der Waals surface area contributed by atoms with Gasteiger partial charge in [-0.1, -0.05) is 54.1 Å². The van der Waals surface area contributed by atoms with Crippen molar-refractivity contribution in [3.63, 3.8) is 0 Å². The second-order valence-corrected chi connectivity index (χ2v) is 7.41. The number of nitrogens with one attached hydrogen (secondary N) is 1. The maximum atomic E-state index is 13.1. The third kappa shape index (κ3) is 4.82. The molecule has 0 bridgehead atoms. The summed E-state index contributed by atoms with van der Waals surface area (Å²) in [5.41, 5.74) is 9.20. The van der Waals surface area contributed by atoms with Crippen LogP contribution in [0.1, 0.15) is 15.9 Å². The van der Waals surface area contributed by atoms with Crippen molar-refractivity contribution in [2.75, 3.05) is 5.32 Å². The number of anilines is 1. The quantitative estimate of drug-likeness (QED) is 0.472. The number of carbonyl (C=O) groups is 2. The van der Waals surface area contributed by atoms with Gasteiger partial charge < -0.3 is 11.1 Å². The number of aromatic nitrogens is 2. The predicted molar refractivity (Wildman–Crippen MR) is 121 cm³/mol. The molecule has 0 saturated heterocycles. The molecule has 0 radical (unpaired) electrons. The molecule has 0 spiro atoms. The first-order chi connectivity index (χ1) is 15.0. The Hall–Kier alpha value is -3.90. The Balaban J connectivity index is 1.67. The van der Waals surface area contributed by atoms with Crippen molar-refractivity contribution < 1.29 is 9.59 Å². The Labute approximate surface area is 184 Å². The molecule has 7 heteroatoms. The minimum Gasteiger partial charge on any atom is -0.369 e. The van der Waals surface area contributed by atoms with Gasteiger partial charge in [0, 0.05) is 22.5 Å². The molecule has 0 unspecified atom stereocenters. The molecule has 4 aromatic rings. The molecule has 3 aromatic carbocycles. The lowest BCUT2D eigenvalue weighted by atomic mass is 10.1. The second-order valence-electron chi connectivity index (χ2n) is 6.97. The second kappa shape index (κ2) is 8.85. The molecule has 0 atom stereocenters. The first-order valence-corrected chi connectivity index (χ1v) is 9.97. The lowest BCUT2D eigenvalue weighted by Crippen LogP contribution is -2.14. The van der Waals surface area contributed by atoms with E-state index in [0.717, 1.165) is 16.8 Å². The minimum atomic E-state index is -0.405. The number of carbonyl (C=O) groups excluding carboxylic acids is 2. The van der Waals surface area contributed by atoms with Crippen LogP contribution in [0, 0.1) is 0 Å². The topological polar surface area (TPSA) is 90.0 Å². The summed E-state index contributed by atoms with van der Waals surface area (Å²) in [5, 5.41) is 8.15. The van der Waals surface area contributed by atoms with Crippen LogP contribution in [0.5, 0.6) is 0 Å². The fourth-order valence-electron chi connectivity index (χ4n) is 3.18. The largest absolute Gasteiger partial charge is 0.369 e. The summed E-state index contributed by atoms with van der Waals surface area (Å²) in [6, 6.07) is 23.7. The Morgan fingerprint density at radius 3 is 2.26 bits per heavy atom. The Kier molecular flexibility index (Phi) is 5.82. The van der Waals surface area contributed by atoms with Crippen LogP contribution in [0.2, 0.25) is 5.02 Å². The molecular formula is C24H19ClN4O2. The van der Waals surface area contributed by atoms with Crippen molar-refractivity contribution in [2.24, 2.45) is 5.73 Å². The third-order valence-corrected chi connectivity index (χ3v) is 4.94. The molecule has 3 N–H and O–H groups in total. The summed E-state index contributed by atoms with van der Waals surface area (Å²) in [5.74, 6) is -0.701. The van der Waals surface area contributed by atoms with Gasteiger partial charge in [0.05, 0.1) is 17.7 Å². The lowest BCUT2D eigenvalue weighted by molar-refractivity contribution is -0.117. The van der Waals surface area contributed by atoms with Crippen molar-refractivity contribution in [1.29, 1.82) is 0 Å². The van der Waals surface area contributed by atoms with E-state index >= 15 is 0 Å². The van der Waals surface area contributed by atoms with Gasteiger partial charge in [0.2, 0.25) is 5.91 Å². The van der Waals surface area contributed by atoms with Crippen molar-refractivity contribution >= 4 is 29.1 Å². The summed E-state index contributed by atoms with van der Waals surface area (Å²) in [6.45, 7) is 0. The molecule has 0 aliphatic rings. The van der Waals surface area contributed by atoms with Gasteiger partial charge in [0.15, 0.2) is 0 Å². The normalized spacial score (nSPS) is 10.6. The molecule has 6 nitrogen and oxygen atoms in total. The molecule has 0 aliphatic carbocycles. The molecule has 0 fully saturated rings.